The van der Waals surface area contributed by atoms with E-state index < -0.39 is 4.92 Å². The van der Waals surface area contributed by atoms with Gasteiger partial charge in [0.1, 0.15) is 0 Å². The Bertz CT molecular complexity index is 927. The van der Waals surface area contributed by atoms with Crippen molar-refractivity contribution in [2.75, 3.05) is 5.32 Å². The van der Waals surface area contributed by atoms with E-state index in [-0.39, 0.29) is 5.69 Å². The summed E-state index contributed by atoms with van der Waals surface area (Å²) in [5, 5.41) is 17.8. The number of nitrogens with one attached hydrogen (secondary N) is 1. The average Bonchev–Trinajstić information content (AvgIpc) is 3.09. The van der Waals surface area contributed by atoms with Gasteiger partial charge in [-0.05, 0) is 18.2 Å². The predicted octanol–water partition coefficient (Wildman–Crippen LogP) is 3.24. The van der Waals surface area contributed by atoms with E-state index in [4.69, 9.17) is 10.9 Å². The van der Waals surface area contributed by atoms with E-state index in [9.17, 15) is 10.1 Å². The lowest BCUT2D eigenvalue weighted by atomic mass is 10.2. The molecule has 0 saturated carbocycles. The lowest BCUT2D eigenvalue weighted by Gasteiger charge is -2.03. The summed E-state index contributed by atoms with van der Waals surface area (Å²) in [7, 11) is 0. The number of hydrogen-bond donors (Lipinski definition) is 1. The molecule has 0 aliphatic rings. The van der Waals surface area contributed by atoms with Crippen molar-refractivity contribution < 1.29 is 9.45 Å². The molecule has 0 amide bonds. The van der Waals surface area contributed by atoms with Crippen molar-refractivity contribution in [3.8, 4) is 23.7 Å². The maximum atomic E-state index is 10.8. The van der Waals surface area contributed by atoms with E-state index in [2.05, 4.69) is 21.4 Å². The highest BCUT2D eigenvalue weighted by molar-refractivity contribution is 5.58. The monoisotopic (exact) mass is 320 g/mol. The molecular formula is C17H12N4O3. The molecule has 3 rings (SSSR count). The number of aromatic nitrogens is 2. The number of non-ortho nitro benzene ring substituents is 1. The first-order valence-electron chi connectivity index (χ1n) is 7.03. The molecular weight excluding hydrogens is 308 g/mol. The maximum Gasteiger partial charge on any atom is 0.270 e. The fourth-order valence-electron chi connectivity index (χ4n) is 2.10. The summed E-state index contributed by atoms with van der Waals surface area (Å²) in [6.07, 6.45) is 5.36. The quantitative estimate of drug-likeness (QED) is 0.440. The zero-order valence-corrected chi connectivity index (χ0v) is 12.5. The van der Waals surface area contributed by atoms with Gasteiger partial charge >= 0.3 is 0 Å². The SMILES string of the molecule is C#Cc1cccc(NCc2nc(-c3cccc([N+](=O)[O-])c3)no2)c1. The summed E-state index contributed by atoms with van der Waals surface area (Å²) in [5.41, 5.74) is 2.10. The molecule has 1 heterocycles. The van der Waals surface area contributed by atoms with Gasteiger partial charge in [-0.15, -0.1) is 6.42 Å². The molecule has 3 aromatic rings. The Morgan fingerprint density at radius 2 is 2.08 bits per heavy atom. The van der Waals surface area contributed by atoms with E-state index in [1.54, 1.807) is 12.1 Å². The Labute approximate surface area is 137 Å². The van der Waals surface area contributed by atoms with E-state index in [0.717, 1.165) is 11.3 Å². The van der Waals surface area contributed by atoms with Gasteiger partial charge < -0.3 is 9.84 Å². The second-order valence-corrected chi connectivity index (χ2v) is 4.90. The van der Waals surface area contributed by atoms with Crippen LogP contribution in [0.3, 0.4) is 0 Å². The van der Waals surface area contributed by atoms with Crippen molar-refractivity contribution in [2.45, 2.75) is 6.54 Å². The summed E-state index contributed by atoms with van der Waals surface area (Å²) in [5.74, 6) is 3.22. The van der Waals surface area contributed by atoms with Crippen molar-refractivity contribution in [2.24, 2.45) is 0 Å². The molecule has 0 atom stereocenters. The van der Waals surface area contributed by atoms with E-state index in [1.165, 1.54) is 12.1 Å². The standard InChI is InChI=1S/C17H12N4O3/c1-2-12-5-3-7-14(9-12)18-11-16-19-17(20-24-16)13-6-4-8-15(10-13)21(22)23/h1,3-10,18H,11H2. The molecule has 1 N–H and O–H groups in total. The van der Waals surface area contributed by atoms with Crippen molar-refractivity contribution in [3.63, 3.8) is 0 Å². The van der Waals surface area contributed by atoms with Crippen LogP contribution in [0.1, 0.15) is 11.5 Å². The number of terminal acetylenes is 1. The molecule has 2 aromatic carbocycles. The van der Waals surface area contributed by atoms with Gasteiger partial charge in [0.05, 0.1) is 11.5 Å². The van der Waals surface area contributed by atoms with E-state index in [1.807, 2.05) is 24.3 Å². The maximum absolute atomic E-state index is 10.8. The second kappa shape index (κ2) is 6.62. The second-order valence-electron chi connectivity index (χ2n) is 4.90. The van der Waals surface area contributed by atoms with Crippen LogP contribution < -0.4 is 5.32 Å². The fourth-order valence-corrected chi connectivity index (χ4v) is 2.10. The molecule has 7 nitrogen and oxygen atoms in total. The van der Waals surface area contributed by atoms with Crippen LogP contribution in [0.4, 0.5) is 11.4 Å². The van der Waals surface area contributed by atoms with Gasteiger partial charge in [0, 0.05) is 28.9 Å². The van der Waals surface area contributed by atoms with Gasteiger partial charge in [-0.1, -0.05) is 29.3 Å². The Hall–Kier alpha value is -3.66. The smallest absolute Gasteiger partial charge is 0.270 e. The van der Waals surface area contributed by atoms with Gasteiger partial charge in [0.15, 0.2) is 0 Å². The molecule has 7 heteroatoms. The highest BCUT2D eigenvalue weighted by Gasteiger charge is 2.12. The minimum atomic E-state index is -0.468. The highest BCUT2D eigenvalue weighted by Crippen LogP contribution is 2.21. The third-order valence-electron chi connectivity index (χ3n) is 3.26. The number of hydrogen-bond acceptors (Lipinski definition) is 6. The van der Waals surface area contributed by atoms with Crippen LogP contribution in [-0.4, -0.2) is 15.1 Å². The average molecular weight is 320 g/mol. The van der Waals surface area contributed by atoms with Crippen molar-refractivity contribution in [1.82, 2.24) is 10.1 Å². The number of nitro groups is 1. The molecule has 0 radical (unpaired) electrons. The first-order valence-corrected chi connectivity index (χ1v) is 7.03. The van der Waals surface area contributed by atoms with Gasteiger partial charge in [0.2, 0.25) is 11.7 Å². The summed E-state index contributed by atoms with van der Waals surface area (Å²) in [6, 6.07) is 13.5. The van der Waals surface area contributed by atoms with Crippen molar-refractivity contribution in [3.05, 3.63) is 70.1 Å². The van der Waals surface area contributed by atoms with E-state index in [0.29, 0.717) is 23.8 Å². The Kier molecular flexibility index (Phi) is 4.21. The summed E-state index contributed by atoms with van der Waals surface area (Å²) >= 11 is 0. The number of nitro benzene ring substituents is 1. The Morgan fingerprint density at radius 1 is 1.25 bits per heavy atom. The third kappa shape index (κ3) is 3.39. The summed E-state index contributed by atoms with van der Waals surface area (Å²) < 4.78 is 5.16. The van der Waals surface area contributed by atoms with Crippen LogP contribution in [0.2, 0.25) is 0 Å². The normalized spacial score (nSPS) is 10.1. The topological polar surface area (TPSA) is 94.1 Å². The Morgan fingerprint density at radius 3 is 2.88 bits per heavy atom. The minimum Gasteiger partial charge on any atom is -0.376 e. The number of benzene rings is 2. The molecule has 0 bridgehead atoms. The van der Waals surface area contributed by atoms with Crippen molar-refractivity contribution >= 4 is 11.4 Å². The summed E-state index contributed by atoms with van der Waals surface area (Å²) in [4.78, 5) is 14.6. The van der Waals surface area contributed by atoms with Gasteiger partial charge in [0.25, 0.3) is 5.69 Å². The minimum absolute atomic E-state index is 0.0249. The van der Waals surface area contributed by atoms with Gasteiger partial charge in [-0.25, -0.2) is 0 Å². The predicted molar refractivity (Wildman–Crippen MR) is 88.1 cm³/mol. The van der Waals surface area contributed by atoms with Crippen LogP contribution >= 0.6 is 0 Å². The first-order chi connectivity index (χ1) is 11.7. The zero-order valence-electron chi connectivity index (χ0n) is 12.5. The molecule has 0 aliphatic carbocycles. The van der Waals surface area contributed by atoms with Crippen LogP contribution in [0.25, 0.3) is 11.4 Å². The van der Waals surface area contributed by atoms with E-state index >= 15 is 0 Å². The zero-order chi connectivity index (χ0) is 16.9. The largest absolute Gasteiger partial charge is 0.376 e. The van der Waals surface area contributed by atoms with Gasteiger partial charge in [-0.2, -0.15) is 4.98 Å². The third-order valence-corrected chi connectivity index (χ3v) is 3.26. The van der Waals surface area contributed by atoms with Crippen molar-refractivity contribution in [1.29, 1.82) is 0 Å². The Balaban J connectivity index is 1.73. The molecule has 118 valence electrons. The van der Waals surface area contributed by atoms with Crippen LogP contribution in [0.5, 0.6) is 0 Å². The van der Waals surface area contributed by atoms with Crippen LogP contribution in [0, 0.1) is 22.5 Å². The lowest BCUT2D eigenvalue weighted by Crippen LogP contribution is -1.99. The lowest BCUT2D eigenvalue weighted by molar-refractivity contribution is -0.384. The molecule has 1 aromatic heterocycles. The number of anilines is 1. The van der Waals surface area contributed by atoms with Gasteiger partial charge in [-0.3, -0.25) is 10.1 Å². The number of nitrogens with zero attached hydrogens (tertiary/aromatic N) is 3. The molecule has 0 unspecified atom stereocenters. The van der Waals surface area contributed by atoms with Crippen LogP contribution in [0.15, 0.2) is 53.1 Å². The molecule has 0 aliphatic heterocycles. The molecule has 0 saturated heterocycles. The number of rotatable bonds is 5. The molecule has 0 spiro atoms. The molecule has 24 heavy (non-hydrogen) atoms. The first kappa shape index (κ1) is 15.2. The fraction of sp³-hybridized carbons (Fsp3) is 0.0588. The molecule has 0 fully saturated rings. The summed E-state index contributed by atoms with van der Waals surface area (Å²) in [6.45, 7) is 0.315. The van der Waals surface area contributed by atoms with Crippen LogP contribution in [-0.2, 0) is 6.54 Å². The highest BCUT2D eigenvalue weighted by atomic mass is 16.6.